The molecule has 1 aliphatic carbocycles. The van der Waals surface area contributed by atoms with Crippen LogP contribution in [0.3, 0.4) is 0 Å². The predicted octanol–water partition coefficient (Wildman–Crippen LogP) is 4.43. The Bertz CT molecular complexity index is 1400. The number of aliphatic hydroxyl groups is 1. The summed E-state index contributed by atoms with van der Waals surface area (Å²) >= 11 is 12.8. The van der Waals surface area contributed by atoms with Gasteiger partial charge in [-0.05, 0) is 54.0 Å². The summed E-state index contributed by atoms with van der Waals surface area (Å²) < 4.78 is 1.97. The smallest absolute Gasteiger partial charge is 0.170 e. The van der Waals surface area contributed by atoms with Crippen molar-refractivity contribution in [1.82, 2.24) is 19.6 Å². The Morgan fingerprint density at radius 1 is 1.15 bits per heavy atom. The van der Waals surface area contributed by atoms with E-state index in [-0.39, 0.29) is 18.1 Å². The molecule has 3 aromatic heterocycles. The van der Waals surface area contributed by atoms with Crippen molar-refractivity contribution in [3.8, 4) is 11.1 Å². The van der Waals surface area contributed by atoms with Gasteiger partial charge < -0.3 is 15.7 Å². The highest BCUT2D eigenvalue weighted by atomic mass is 35.5. The molecule has 0 saturated carbocycles. The molecule has 3 N–H and O–H groups in total. The molecule has 1 unspecified atom stereocenters. The first-order chi connectivity index (χ1) is 16.5. The molecule has 0 bridgehead atoms. The average molecular weight is 495 g/mol. The van der Waals surface area contributed by atoms with Gasteiger partial charge in [0.1, 0.15) is 12.1 Å². The number of nitrogens with two attached hydrogens (primary N) is 1. The lowest BCUT2D eigenvalue weighted by molar-refractivity contribution is 0.186. The summed E-state index contributed by atoms with van der Waals surface area (Å²) in [5.74, 6) is 0.947. The number of anilines is 1. The molecular formula is C25H24Cl2N6O. The molecule has 0 radical (unpaired) electrons. The van der Waals surface area contributed by atoms with Gasteiger partial charge in [0.15, 0.2) is 5.65 Å². The Morgan fingerprint density at radius 3 is 2.74 bits per heavy atom. The van der Waals surface area contributed by atoms with Crippen LogP contribution in [0.2, 0.25) is 10.0 Å². The summed E-state index contributed by atoms with van der Waals surface area (Å²) in [6.45, 7) is 1.53. The van der Waals surface area contributed by atoms with Crippen molar-refractivity contribution >= 4 is 34.7 Å². The molecule has 7 nitrogen and oxygen atoms in total. The van der Waals surface area contributed by atoms with Gasteiger partial charge in [-0.2, -0.15) is 0 Å². The van der Waals surface area contributed by atoms with Gasteiger partial charge in [-0.15, -0.1) is 10.2 Å². The maximum absolute atomic E-state index is 10.3. The van der Waals surface area contributed by atoms with E-state index in [9.17, 15) is 5.11 Å². The number of halogens is 2. The fourth-order valence-electron chi connectivity index (χ4n) is 5.70. The van der Waals surface area contributed by atoms with Crippen LogP contribution in [0.25, 0.3) is 16.8 Å². The highest BCUT2D eigenvalue weighted by Gasteiger charge is 2.46. The number of benzene rings is 1. The predicted molar refractivity (Wildman–Crippen MR) is 133 cm³/mol. The van der Waals surface area contributed by atoms with Crippen molar-refractivity contribution in [2.24, 2.45) is 11.1 Å². The monoisotopic (exact) mass is 494 g/mol. The lowest BCUT2D eigenvalue weighted by atomic mass is 9.73. The third kappa shape index (κ3) is 3.22. The SMILES string of the molecule is NC1c2cccnc2CC12CCN(c1cc(CO)c(-c3cccc(Cl)c3Cl)c3nncn13)CC2. The maximum atomic E-state index is 10.3. The average Bonchev–Trinajstić information content (AvgIpc) is 3.44. The summed E-state index contributed by atoms with van der Waals surface area (Å²) in [5.41, 5.74) is 11.9. The second kappa shape index (κ2) is 8.20. The third-order valence-electron chi connectivity index (χ3n) is 7.56. The van der Waals surface area contributed by atoms with Crippen molar-refractivity contribution in [2.75, 3.05) is 18.0 Å². The number of aromatic nitrogens is 4. The van der Waals surface area contributed by atoms with E-state index in [0.29, 0.717) is 15.7 Å². The third-order valence-corrected chi connectivity index (χ3v) is 8.38. The molecule has 1 atom stereocenters. The van der Waals surface area contributed by atoms with Gasteiger partial charge in [0.25, 0.3) is 0 Å². The van der Waals surface area contributed by atoms with E-state index < -0.39 is 0 Å². The standard InChI is InChI=1S/C25H24Cl2N6O/c26-18-5-1-3-17(22(18)27)21-15(13-34)11-20(33-14-30-31-24(21)33)32-9-6-25(7-10-32)12-19-16(23(25)28)4-2-8-29-19/h1-5,8,11,14,23,34H,6-7,9-10,12-13,28H2. The zero-order valence-corrected chi connectivity index (χ0v) is 20.0. The van der Waals surface area contributed by atoms with Crippen LogP contribution in [0.15, 0.2) is 48.9 Å². The van der Waals surface area contributed by atoms with Crippen molar-refractivity contribution in [3.63, 3.8) is 0 Å². The topological polar surface area (TPSA) is 92.6 Å². The summed E-state index contributed by atoms with van der Waals surface area (Å²) in [4.78, 5) is 6.91. The van der Waals surface area contributed by atoms with E-state index in [1.807, 2.05) is 34.9 Å². The first kappa shape index (κ1) is 21.8. The first-order valence-corrected chi connectivity index (χ1v) is 12.1. The van der Waals surface area contributed by atoms with Crippen LogP contribution in [-0.4, -0.2) is 37.8 Å². The molecule has 1 saturated heterocycles. The molecule has 9 heteroatoms. The zero-order chi connectivity index (χ0) is 23.4. The van der Waals surface area contributed by atoms with Crippen LogP contribution in [-0.2, 0) is 13.0 Å². The molecule has 1 aromatic carbocycles. The van der Waals surface area contributed by atoms with Gasteiger partial charge in [0, 0.05) is 42.1 Å². The Kier molecular flexibility index (Phi) is 5.26. The summed E-state index contributed by atoms with van der Waals surface area (Å²) in [7, 11) is 0. The van der Waals surface area contributed by atoms with E-state index in [1.54, 1.807) is 12.4 Å². The van der Waals surface area contributed by atoms with E-state index in [1.165, 1.54) is 5.56 Å². The fraction of sp³-hybridized carbons (Fsp3) is 0.320. The molecule has 4 heterocycles. The largest absolute Gasteiger partial charge is 0.392 e. The van der Waals surface area contributed by atoms with Crippen LogP contribution < -0.4 is 10.6 Å². The lowest BCUT2D eigenvalue weighted by Crippen LogP contribution is -2.44. The van der Waals surface area contributed by atoms with Gasteiger partial charge in [-0.3, -0.25) is 9.38 Å². The van der Waals surface area contributed by atoms with E-state index >= 15 is 0 Å². The molecule has 6 rings (SSSR count). The highest BCUT2D eigenvalue weighted by Crippen LogP contribution is 2.50. The van der Waals surface area contributed by atoms with Gasteiger partial charge in [-0.1, -0.05) is 41.4 Å². The Morgan fingerprint density at radius 2 is 1.97 bits per heavy atom. The van der Waals surface area contributed by atoms with Crippen LogP contribution in [0.4, 0.5) is 5.82 Å². The van der Waals surface area contributed by atoms with E-state index in [2.05, 4.69) is 26.1 Å². The van der Waals surface area contributed by atoms with Gasteiger partial charge >= 0.3 is 0 Å². The first-order valence-electron chi connectivity index (χ1n) is 11.4. The molecular weight excluding hydrogens is 471 g/mol. The quantitative estimate of drug-likeness (QED) is 0.437. The molecule has 0 amide bonds. The van der Waals surface area contributed by atoms with E-state index in [0.717, 1.165) is 60.6 Å². The van der Waals surface area contributed by atoms with Gasteiger partial charge in [0.2, 0.25) is 0 Å². The van der Waals surface area contributed by atoms with Crippen LogP contribution in [0, 0.1) is 5.41 Å². The van der Waals surface area contributed by atoms with Gasteiger partial charge in [-0.25, -0.2) is 0 Å². The molecule has 1 aliphatic heterocycles. The molecule has 1 fully saturated rings. The number of hydrogen-bond acceptors (Lipinski definition) is 6. The minimum absolute atomic E-state index is 0.00799. The van der Waals surface area contributed by atoms with Crippen LogP contribution >= 0.6 is 23.2 Å². The van der Waals surface area contributed by atoms with Crippen molar-refractivity contribution in [3.05, 3.63) is 75.8 Å². The lowest BCUT2D eigenvalue weighted by Gasteiger charge is -2.43. The number of pyridine rings is 2. The minimum Gasteiger partial charge on any atom is -0.392 e. The Hall–Kier alpha value is -2.71. The second-order valence-corrected chi connectivity index (χ2v) is 10.0. The van der Waals surface area contributed by atoms with Crippen molar-refractivity contribution < 1.29 is 5.11 Å². The van der Waals surface area contributed by atoms with Crippen LogP contribution in [0.5, 0.6) is 0 Å². The van der Waals surface area contributed by atoms with Gasteiger partial charge in [0.05, 0.1) is 16.7 Å². The molecule has 2 aliphatic rings. The van der Waals surface area contributed by atoms with Crippen molar-refractivity contribution in [1.29, 1.82) is 0 Å². The number of aliphatic hydroxyl groups excluding tert-OH is 1. The summed E-state index contributed by atoms with van der Waals surface area (Å²) in [6.07, 6.45) is 6.41. The number of fused-ring (bicyclic) bond motifs is 2. The summed E-state index contributed by atoms with van der Waals surface area (Å²) in [5, 5.41) is 19.7. The molecule has 34 heavy (non-hydrogen) atoms. The molecule has 174 valence electrons. The second-order valence-electron chi connectivity index (χ2n) is 9.23. The zero-order valence-electron chi connectivity index (χ0n) is 18.5. The Labute approximate surface area is 207 Å². The fourth-order valence-corrected chi connectivity index (χ4v) is 6.09. The maximum Gasteiger partial charge on any atom is 0.170 e. The summed E-state index contributed by atoms with van der Waals surface area (Å²) in [6, 6.07) is 11.6. The number of piperidine rings is 1. The number of rotatable bonds is 3. The number of hydrogen-bond donors (Lipinski definition) is 2. The molecule has 4 aromatic rings. The number of nitrogens with zero attached hydrogens (tertiary/aromatic N) is 5. The molecule has 1 spiro atoms. The highest BCUT2D eigenvalue weighted by molar-refractivity contribution is 6.43. The van der Waals surface area contributed by atoms with E-state index in [4.69, 9.17) is 28.9 Å². The normalized spacial score (nSPS) is 19.2. The minimum atomic E-state index is -0.155. The Balaban J connectivity index is 1.37. The van der Waals surface area contributed by atoms with Crippen molar-refractivity contribution in [2.45, 2.75) is 31.9 Å². The van der Waals surface area contributed by atoms with Crippen LogP contribution in [0.1, 0.15) is 35.7 Å².